The van der Waals surface area contributed by atoms with Gasteiger partial charge in [-0.05, 0) is 81.6 Å². The Labute approximate surface area is 158 Å². The quantitative estimate of drug-likeness (QED) is 0.741. The van der Waals surface area contributed by atoms with E-state index in [9.17, 15) is 14.0 Å². The third kappa shape index (κ3) is 4.54. The SMILES string of the molecule is CC1CCCC(C)N1C(=O)COc1ccc(C(=O)c2ccc(F)cc2)cc1. The van der Waals surface area contributed by atoms with Crippen LogP contribution < -0.4 is 4.74 Å². The molecule has 1 saturated heterocycles. The predicted molar refractivity (Wildman–Crippen MR) is 101 cm³/mol. The van der Waals surface area contributed by atoms with Gasteiger partial charge in [-0.3, -0.25) is 9.59 Å². The Morgan fingerprint density at radius 3 is 2.04 bits per heavy atom. The zero-order chi connectivity index (χ0) is 19.4. The van der Waals surface area contributed by atoms with E-state index in [1.54, 1.807) is 24.3 Å². The average molecular weight is 369 g/mol. The van der Waals surface area contributed by atoms with Gasteiger partial charge in [-0.1, -0.05) is 0 Å². The number of benzene rings is 2. The smallest absolute Gasteiger partial charge is 0.260 e. The molecule has 0 radical (unpaired) electrons. The van der Waals surface area contributed by atoms with Gasteiger partial charge in [0.1, 0.15) is 11.6 Å². The maximum absolute atomic E-state index is 13.0. The molecule has 2 aromatic carbocycles. The zero-order valence-corrected chi connectivity index (χ0v) is 15.7. The highest BCUT2D eigenvalue weighted by molar-refractivity contribution is 6.09. The van der Waals surface area contributed by atoms with Crippen molar-refractivity contribution in [3.8, 4) is 5.75 Å². The van der Waals surface area contributed by atoms with Gasteiger partial charge >= 0.3 is 0 Å². The molecule has 0 aliphatic carbocycles. The minimum atomic E-state index is -0.377. The van der Waals surface area contributed by atoms with Crippen LogP contribution in [0.4, 0.5) is 4.39 Å². The van der Waals surface area contributed by atoms with Crippen LogP contribution in [0.15, 0.2) is 48.5 Å². The highest BCUT2D eigenvalue weighted by atomic mass is 19.1. The van der Waals surface area contributed by atoms with E-state index in [0.717, 1.165) is 19.3 Å². The number of ketones is 1. The van der Waals surface area contributed by atoms with Crippen LogP contribution in [0, 0.1) is 5.82 Å². The topological polar surface area (TPSA) is 46.6 Å². The van der Waals surface area contributed by atoms with Crippen LogP contribution in [0.1, 0.15) is 49.0 Å². The summed E-state index contributed by atoms with van der Waals surface area (Å²) < 4.78 is 18.6. The molecular formula is C22H24FNO3. The van der Waals surface area contributed by atoms with Crippen LogP contribution in [-0.4, -0.2) is 35.3 Å². The van der Waals surface area contributed by atoms with Gasteiger partial charge < -0.3 is 9.64 Å². The standard InChI is InChI=1S/C22H24FNO3/c1-15-4-3-5-16(2)24(15)21(25)14-27-20-12-8-18(9-13-20)22(26)17-6-10-19(23)11-7-17/h6-13,15-16H,3-5,14H2,1-2H3. The normalized spacial score (nSPS) is 19.6. The summed E-state index contributed by atoms with van der Waals surface area (Å²) in [6.07, 6.45) is 3.20. The molecule has 0 spiro atoms. The molecule has 1 fully saturated rings. The van der Waals surface area contributed by atoms with Gasteiger partial charge in [0.15, 0.2) is 12.4 Å². The summed E-state index contributed by atoms with van der Waals surface area (Å²) in [6.45, 7) is 4.13. The van der Waals surface area contributed by atoms with Crippen molar-refractivity contribution in [3.05, 3.63) is 65.5 Å². The summed E-state index contributed by atoms with van der Waals surface area (Å²) in [5.41, 5.74) is 0.909. The number of rotatable bonds is 5. The van der Waals surface area contributed by atoms with Gasteiger partial charge in [-0.15, -0.1) is 0 Å². The van der Waals surface area contributed by atoms with Crippen LogP contribution in [0.2, 0.25) is 0 Å². The molecule has 2 aromatic rings. The lowest BCUT2D eigenvalue weighted by atomic mass is 9.97. The predicted octanol–water partition coefficient (Wildman–Crippen LogP) is 4.23. The van der Waals surface area contributed by atoms with E-state index in [1.807, 2.05) is 4.90 Å². The van der Waals surface area contributed by atoms with Crippen LogP contribution in [0.3, 0.4) is 0 Å². The van der Waals surface area contributed by atoms with Crippen molar-refractivity contribution in [1.82, 2.24) is 4.90 Å². The number of hydrogen-bond acceptors (Lipinski definition) is 3. The van der Waals surface area contributed by atoms with E-state index < -0.39 is 0 Å². The van der Waals surface area contributed by atoms with Gasteiger partial charge in [0, 0.05) is 23.2 Å². The maximum atomic E-state index is 13.0. The number of likely N-dealkylation sites (tertiary alicyclic amines) is 1. The number of hydrogen-bond donors (Lipinski definition) is 0. The fourth-order valence-electron chi connectivity index (χ4n) is 3.60. The molecule has 2 atom stereocenters. The first-order valence-electron chi connectivity index (χ1n) is 9.30. The first kappa shape index (κ1) is 19.1. The number of halogens is 1. The summed E-state index contributed by atoms with van der Waals surface area (Å²) in [4.78, 5) is 26.8. The number of amides is 1. The molecule has 3 rings (SSSR count). The van der Waals surface area contributed by atoms with E-state index in [4.69, 9.17) is 4.74 Å². The number of carbonyl (C=O) groups excluding carboxylic acids is 2. The Morgan fingerprint density at radius 1 is 0.963 bits per heavy atom. The molecule has 1 aliphatic rings. The number of ether oxygens (including phenoxy) is 1. The molecule has 5 heteroatoms. The lowest BCUT2D eigenvalue weighted by Crippen LogP contribution is -2.49. The highest BCUT2D eigenvalue weighted by Crippen LogP contribution is 2.23. The Balaban J connectivity index is 1.60. The van der Waals surface area contributed by atoms with Crippen molar-refractivity contribution in [2.45, 2.75) is 45.2 Å². The second kappa shape index (κ2) is 8.33. The molecule has 1 heterocycles. The lowest BCUT2D eigenvalue weighted by molar-refractivity contribution is -0.139. The first-order chi connectivity index (χ1) is 13.0. The van der Waals surface area contributed by atoms with Crippen molar-refractivity contribution in [1.29, 1.82) is 0 Å². The van der Waals surface area contributed by atoms with Crippen molar-refractivity contribution in [3.63, 3.8) is 0 Å². The van der Waals surface area contributed by atoms with E-state index in [0.29, 0.717) is 16.9 Å². The average Bonchev–Trinajstić information content (AvgIpc) is 2.67. The number of nitrogens with zero attached hydrogens (tertiary/aromatic N) is 1. The Morgan fingerprint density at radius 2 is 1.48 bits per heavy atom. The fraction of sp³-hybridized carbons (Fsp3) is 0.364. The van der Waals surface area contributed by atoms with Gasteiger partial charge in [-0.25, -0.2) is 4.39 Å². The molecule has 2 unspecified atom stereocenters. The second-order valence-corrected chi connectivity index (χ2v) is 7.08. The summed E-state index contributed by atoms with van der Waals surface area (Å²) in [5, 5.41) is 0. The van der Waals surface area contributed by atoms with Gasteiger partial charge in [0.2, 0.25) is 0 Å². The van der Waals surface area contributed by atoms with Gasteiger partial charge in [0.25, 0.3) is 5.91 Å². The van der Waals surface area contributed by atoms with E-state index in [-0.39, 0.29) is 36.2 Å². The lowest BCUT2D eigenvalue weighted by Gasteiger charge is -2.38. The summed E-state index contributed by atoms with van der Waals surface area (Å²) in [7, 11) is 0. The monoisotopic (exact) mass is 369 g/mol. The summed E-state index contributed by atoms with van der Waals surface area (Å²) >= 11 is 0. The molecule has 27 heavy (non-hydrogen) atoms. The summed E-state index contributed by atoms with van der Waals surface area (Å²) in [6, 6.07) is 12.6. The van der Waals surface area contributed by atoms with Crippen LogP contribution >= 0.6 is 0 Å². The van der Waals surface area contributed by atoms with E-state index >= 15 is 0 Å². The third-order valence-electron chi connectivity index (χ3n) is 5.07. The molecule has 142 valence electrons. The van der Waals surface area contributed by atoms with E-state index in [1.165, 1.54) is 24.3 Å². The van der Waals surface area contributed by atoms with Crippen molar-refractivity contribution in [2.24, 2.45) is 0 Å². The largest absolute Gasteiger partial charge is 0.484 e. The number of piperidine rings is 1. The molecular weight excluding hydrogens is 345 g/mol. The molecule has 0 aromatic heterocycles. The molecule has 1 aliphatic heterocycles. The fourth-order valence-corrected chi connectivity index (χ4v) is 3.60. The van der Waals surface area contributed by atoms with Crippen LogP contribution in [-0.2, 0) is 4.79 Å². The highest BCUT2D eigenvalue weighted by Gasteiger charge is 2.28. The van der Waals surface area contributed by atoms with E-state index in [2.05, 4.69) is 13.8 Å². The second-order valence-electron chi connectivity index (χ2n) is 7.08. The molecule has 1 amide bonds. The van der Waals surface area contributed by atoms with Crippen LogP contribution in [0.25, 0.3) is 0 Å². The Hall–Kier alpha value is -2.69. The number of carbonyl (C=O) groups is 2. The Bertz CT molecular complexity index is 791. The molecule has 4 nitrogen and oxygen atoms in total. The maximum Gasteiger partial charge on any atom is 0.260 e. The molecule has 0 saturated carbocycles. The summed E-state index contributed by atoms with van der Waals surface area (Å²) in [5.74, 6) is -0.0385. The minimum Gasteiger partial charge on any atom is -0.484 e. The van der Waals surface area contributed by atoms with Crippen LogP contribution in [0.5, 0.6) is 5.75 Å². The zero-order valence-electron chi connectivity index (χ0n) is 15.7. The Kier molecular flexibility index (Phi) is 5.89. The third-order valence-corrected chi connectivity index (χ3v) is 5.07. The van der Waals surface area contributed by atoms with Crippen molar-refractivity contribution < 1.29 is 18.7 Å². The minimum absolute atomic E-state index is 0.0128. The van der Waals surface area contributed by atoms with Gasteiger partial charge in [0.05, 0.1) is 0 Å². The van der Waals surface area contributed by atoms with Crippen molar-refractivity contribution in [2.75, 3.05) is 6.61 Å². The van der Waals surface area contributed by atoms with Gasteiger partial charge in [-0.2, -0.15) is 0 Å². The molecule has 0 N–H and O–H groups in total. The first-order valence-corrected chi connectivity index (χ1v) is 9.30. The van der Waals surface area contributed by atoms with Crippen molar-refractivity contribution >= 4 is 11.7 Å². The molecule has 0 bridgehead atoms.